The highest BCUT2D eigenvalue weighted by molar-refractivity contribution is 7.99. The highest BCUT2D eigenvalue weighted by Crippen LogP contribution is 2.38. The molecule has 0 saturated carbocycles. The second kappa shape index (κ2) is 7.96. The maximum Gasteiger partial charge on any atom is 0.417 e. The number of H-pyrrole nitrogens is 1. The van der Waals surface area contributed by atoms with E-state index in [9.17, 15) is 22.8 Å². The monoisotopic (exact) mass is 424 g/mol. The lowest BCUT2D eigenvalue weighted by Gasteiger charge is -2.16. The van der Waals surface area contributed by atoms with Crippen LogP contribution >= 0.6 is 11.9 Å². The predicted molar refractivity (Wildman–Crippen MR) is 110 cm³/mol. The predicted octanol–water partition coefficient (Wildman–Crippen LogP) is 3.26. The number of rotatable bonds is 5. The Kier molecular flexibility index (Phi) is 5.76. The van der Waals surface area contributed by atoms with Gasteiger partial charge in [0, 0.05) is 12.8 Å². The fraction of sp³-hybridized carbons (Fsp3) is 0.263. The first-order valence-electron chi connectivity index (χ1n) is 8.55. The number of nitrogens with one attached hydrogen (secondary N) is 2. The molecular formula is C19H19F3N4O2S. The minimum atomic E-state index is -4.66. The molecule has 6 nitrogen and oxygen atoms in total. The Morgan fingerprint density at radius 2 is 1.90 bits per heavy atom. The van der Waals surface area contributed by atoms with Crippen molar-refractivity contribution >= 4 is 22.9 Å². The number of halogens is 3. The van der Waals surface area contributed by atoms with Crippen LogP contribution in [0.25, 0.3) is 22.0 Å². The lowest BCUT2D eigenvalue weighted by Crippen LogP contribution is -2.39. The summed E-state index contributed by atoms with van der Waals surface area (Å²) < 4.78 is 42.1. The number of benzene rings is 2. The number of nitrogens with zero attached hydrogens (tertiary/aromatic N) is 2. The van der Waals surface area contributed by atoms with E-state index < -0.39 is 23.0 Å². The van der Waals surface area contributed by atoms with Crippen molar-refractivity contribution in [2.45, 2.75) is 12.7 Å². The summed E-state index contributed by atoms with van der Waals surface area (Å²) in [6.45, 7) is 0.556. The lowest BCUT2D eigenvalue weighted by atomic mass is 9.96. The van der Waals surface area contributed by atoms with E-state index in [4.69, 9.17) is 0 Å². The summed E-state index contributed by atoms with van der Waals surface area (Å²) in [4.78, 5) is 31.5. The minimum Gasteiger partial charge on any atom is -0.305 e. The van der Waals surface area contributed by atoms with Crippen molar-refractivity contribution in [2.24, 2.45) is 0 Å². The van der Waals surface area contributed by atoms with Crippen LogP contribution in [-0.2, 0) is 12.7 Å². The number of aromatic amines is 1. The quantitative estimate of drug-likeness (QED) is 0.616. The number of alkyl halides is 3. The molecule has 2 N–H and O–H groups in total. The van der Waals surface area contributed by atoms with Crippen LogP contribution in [0.2, 0.25) is 0 Å². The molecule has 0 bridgehead atoms. The summed E-state index contributed by atoms with van der Waals surface area (Å²) in [5, 5.41) is -0.0211. The number of aromatic nitrogens is 2. The van der Waals surface area contributed by atoms with Gasteiger partial charge in [-0.2, -0.15) is 17.8 Å². The summed E-state index contributed by atoms with van der Waals surface area (Å²) >= 11 is 1.02. The molecule has 154 valence electrons. The van der Waals surface area contributed by atoms with Crippen molar-refractivity contribution in [1.82, 2.24) is 14.6 Å². The first kappa shape index (κ1) is 21.0. The second-order valence-electron chi connectivity index (χ2n) is 6.75. The van der Waals surface area contributed by atoms with Gasteiger partial charge in [0.1, 0.15) is 0 Å². The van der Waals surface area contributed by atoms with Crippen molar-refractivity contribution in [2.75, 3.05) is 25.2 Å². The molecule has 0 unspecified atom stereocenters. The van der Waals surface area contributed by atoms with E-state index >= 15 is 0 Å². The Balaban J connectivity index is 2.32. The fourth-order valence-corrected chi connectivity index (χ4v) is 3.46. The molecule has 10 heteroatoms. The molecule has 2 aromatic carbocycles. The highest BCUT2D eigenvalue weighted by atomic mass is 32.2. The molecule has 0 aliphatic carbocycles. The molecule has 0 aliphatic rings. The zero-order chi connectivity index (χ0) is 21.3. The standard InChI is InChI=1S/C19H19F3N4O2S/c1-25(2)10-11-5-4-6-12(7-11)13-8-14-16(9-15(13)19(20,21)22)23-18(28)26(17(14)27)24-29-3/h4-9,24H,10H2,1-3H3,(H,23,28). The van der Waals surface area contributed by atoms with Crippen LogP contribution in [0.5, 0.6) is 0 Å². The molecule has 3 rings (SSSR count). The third kappa shape index (κ3) is 4.33. The Morgan fingerprint density at radius 1 is 1.17 bits per heavy atom. The fourth-order valence-electron chi connectivity index (χ4n) is 3.11. The molecule has 1 aromatic heterocycles. The van der Waals surface area contributed by atoms with Crippen LogP contribution in [0, 0.1) is 0 Å². The van der Waals surface area contributed by atoms with Crippen molar-refractivity contribution in [3.05, 3.63) is 68.4 Å². The van der Waals surface area contributed by atoms with Gasteiger partial charge in [-0.3, -0.25) is 9.63 Å². The number of fused-ring (bicyclic) bond motifs is 1. The van der Waals surface area contributed by atoms with Crippen molar-refractivity contribution in [1.29, 1.82) is 0 Å². The van der Waals surface area contributed by atoms with E-state index in [1.54, 1.807) is 24.5 Å². The van der Waals surface area contributed by atoms with Crippen molar-refractivity contribution in [3.8, 4) is 11.1 Å². The van der Waals surface area contributed by atoms with Crippen LogP contribution in [0.3, 0.4) is 0 Å². The topological polar surface area (TPSA) is 70.1 Å². The maximum atomic E-state index is 13.8. The van der Waals surface area contributed by atoms with E-state index in [-0.39, 0.29) is 16.5 Å². The third-order valence-electron chi connectivity index (χ3n) is 4.26. The molecule has 0 saturated heterocycles. The molecule has 0 aliphatic heterocycles. The average molecular weight is 424 g/mol. The van der Waals surface area contributed by atoms with Crippen LogP contribution in [-0.4, -0.2) is 34.9 Å². The largest absolute Gasteiger partial charge is 0.417 e. The van der Waals surface area contributed by atoms with Gasteiger partial charge in [0.2, 0.25) is 0 Å². The molecule has 0 amide bonds. The Bertz CT molecular complexity index is 1170. The first-order chi connectivity index (χ1) is 13.6. The van der Waals surface area contributed by atoms with Gasteiger partial charge in [-0.1, -0.05) is 18.2 Å². The maximum absolute atomic E-state index is 13.8. The zero-order valence-corrected chi connectivity index (χ0v) is 16.7. The second-order valence-corrected chi connectivity index (χ2v) is 7.34. The summed E-state index contributed by atoms with van der Waals surface area (Å²) in [6, 6.07) is 8.74. The number of hydrogen-bond acceptors (Lipinski definition) is 5. The van der Waals surface area contributed by atoms with E-state index in [2.05, 4.69) is 9.82 Å². The molecule has 0 fully saturated rings. The Hall–Kier alpha value is -2.72. The van der Waals surface area contributed by atoms with Crippen molar-refractivity contribution < 1.29 is 13.2 Å². The van der Waals surface area contributed by atoms with Gasteiger partial charge in [-0.25, -0.2) is 4.79 Å². The van der Waals surface area contributed by atoms with Crippen LogP contribution in [0.1, 0.15) is 11.1 Å². The van der Waals surface area contributed by atoms with Gasteiger partial charge in [-0.15, -0.1) is 0 Å². The van der Waals surface area contributed by atoms with Gasteiger partial charge in [0.15, 0.2) is 0 Å². The SMILES string of the molecule is CSNn1c(=O)[nH]c2cc(C(F)(F)F)c(-c3cccc(CN(C)C)c3)cc2c1=O. The van der Waals surface area contributed by atoms with E-state index in [0.717, 1.165) is 28.3 Å². The van der Waals surface area contributed by atoms with Gasteiger partial charge < -0.3 is 9.88 Å². The minimum absolute atomic E-state index is 0.0211. The zero-order valence-electron chi connectivity index (χ0n) is 15.9. The van der Waals surface area contributed by atoms with Crippen molar-refractivity contribution in [3.63, 3.8) is 0 Å². The van der Waals surface area contributed by atoms with E-state index in [1.165, 1.54) is 6.07 Å². The third-order valence-corrected chi connectivity index (χ3v) is 4.63. The average Bonchev–Trinajstić information content (AvgIpc) is 2.63. The van der Waals surface area contributed by atoms with Gasteiger partial charge in [-0.05, 0) is 60.9 Å². The lowest BCUT2D eigenvalue weighted by molar-refractivity contribution is -0.137. The van der Waals surface area contributed by atoms with Gasteiger partial charge in [0.25, 0.3) is 5.56 Å². The molecule has 0 radical (unpaired) electrons. The van der Waals surface area contributed by atoms with E-state index in [1.807, 2.05) is 25.1 Å². The smallest absolute Gasteiger partial charge is 0.305 e. The molecule has 0 spiro atoms. The summed E-state index contributed by atoms with van der Waals surface area (Å²) in [7, 11) is 3.72. The summed E-state index contributed by atoms with van der Waals surface area (Å²) in [6.07, 6.45) is -3.05. The van der Waals surface area contributed by atoms with Gasteiger partial charge >= 0.3 is 11.9 Å². The van der Waals surface area contributed by atoms with Crippen LogP contribution in [0.15, 0.2) is 46.0 Å². The Labute approximate surface area is 168 Å². The molecule has 3 aromatic rings. The van der Waals surface area contributed by atoms with Crippen LogP contribution < -0.4 is 16.1 Å². The first-order valence-corrected chi connectivity index (χ1v) is 9.77. The molecule has 0 atom stereocenters. The molecule has 29 heavy (non-hydrogen) atoms. The number of hydrogen-bond donors (Lipinski definition) is 2. The molecule has 1 heterocycles. The Morgan fingerprint density at radius 3 is 2.52 bits per heavy atom. The normalized spacial score (nSPS) is 12.0. The highest BCUT2D eigenvalue weighted by Gasteiger charge is 2.34. The van der Waals surface area contributed by atoms with Crippen LogP contribution in [0.4, 0.5) is 13.2 Å². The molecular weight excluding hydrogens is 405 g/mol. The van der Waals surface area contributed by atoms with Gasteiger partial charge in [0.05, 0.1) is 16.5 Å². The summed E-state index contributed by atoms with van der Waals surface area (Å²) in [5.41, 5.74) is -1.59. The summed E-state index contributed by atoms with van der Waals surface area (Å²) in [5.74, 6) is 0. The van der Waals surface area contributed by atoms with E-state index in [0.29, 0.717) is 12.1 Å².